The topological polar surface area (TPSA) is 163 Å². The molecule has 0 bridgehead atoms. The van der Waals surface area contributed by atoms with Gasteiger partial charge in [0.1, 0.15) is 0 Å². The molecule has 0 radical (unpaired) electrons. The maximum atomic E-state index is 11.4. The van der Waals surface area contributed by atoms with Crippen molar-refractivity contribution in [1.29, 1.82) is 0 Å². The standard InChI is InChI=1S/C8H10AsNO5.C4H5NO3S2.ClH/c1-6(11)10-8-5-3-2-4-7(8)9(12,13)15-14;1-3-4(9-2-5-3)10(6,7)8;/h2-5,14H,1H3,(H,10,11)(H,12,13);2H,1H3,(H,6,7,8);1H. The number of benzene rings is 1. The monoisotopic (exact) mass is 490 g/mol. The van der Waals surface area contributed by atoms with Gasteiger partial charge in [0, 0.05) is 0 Å². The van der Waals surface area contributed by atoms with E-state index in [4.69, 9.17) is 9.81 Å². The van der Waals surface area contributed by atoms with Crippen LogP contribution in [0.5, 0.6) is 0 Å². The zero-order valence-corrected chi connectivity index (χ0v) is 17.7. The van der Waals surface area contributed by atoms with Crippen LogP contribution in [0.25, 0.3) is 0 Å². The molecule has 0 aliphatic carbocycles. The van der Waals surface area contributed by atoms with Crippen LogP contribution in [0.15, 0.2) is 34.0 Å². The summed E-state index contributed by atoms with van der Waals surface area (Å²) in [6.45, 7) is 2.80. The number of hydrogen-bond donors (Lipinski definition) is 4. The van der Waals surface area contributed by atoms with Crippen molar-refractivity contribution in [2.24, 2.45) is 0 Å². The Morgan fingerprint density at radius 3 is 2.31 bits per heavy atom. The first-order valence-corrected chi connectivity index (χ1v) is 12.0. The molecular weight excluding hydrogens is 475 g/mol. The van der Waals surface area contributed by atoms with Crippen molar-refractivity contribution in [1.82, 2.24) is 4.98 Å². The number of amides is 1. The number of aryl methyl sites for hydroxylation is 1. The van der Waals surface area contributed by atoms with E-state index in [1.54, 1.807) is 6.07 Å². The fourth-order valence-electron chi connectivity index (χ4n) is 1.60. The molecule has 0 aliphatic rings. The smallest absolute Gasteiger partial charge is 0.281 e. The Labute approximate surface area is 162 Å². The molecule has 1 unspecified atom stereocenters. The Bertz CT molecular complexity index is 902. The first kappa shape index (κ1) is 24.8. The van der Waals surface area contributed by atoms with E-state index in [-0.39, 0.29) is 32.6 Å². The molecule has 1 atom stereocenters. The van der Waals surface area contributed by atoms with Gasteiger partial charge in [-0.15, -0.1) is 23.7 Å². The van der Waals surface area contributed by atoms with E-state index in [2.05, 4.69) is 14.2 Å². The van der Waals surface area contributed by atoms with Crippen LogP contribution >= 0.6 is 23.7 Å². The second-order valence-electron chi connectivity index (χ2n) is 4.50. The van der Waals surface area contributed by atoms with Gasteiger partial charge in [-0.1, -0.05) is 0 Å². The number of rotatable bonds is 4. The Hall–Kier alpha value is -1.24. The van der Waals surface area contributed by atoms with E-state index in [1.807, 2.05) is 0 Å². The molecule has 0 saturated heterocycles. The van der Waals surface area contributed by atoms with Crippen LogP contribution in [0, 0.1) is 6.92 Å². The zero-order valence-electron chi connectivity index (χ0n) is 13.4. The van der Waals surface area contributed by atoms with E-state index in [0.29, 0.717) is 5.69 Å². The molecule has 146 valence electrons. The molecule has 2 rings (SSSR count). The average molecular weight is 491 g/mol. The van der Waals surface area contributed by atoms with Crippen LogP contribution in [-0.4, -0.2) is 47.4 Å². The summed E-state index contributed by atoms with van der Waals surface area (Å²) in [5.41, 5.74) is 1.87. The molecular formula is C12H16AsClN2O8S2. The summed E-state index contributed by atoms with van der Waals surface area (Å²) < 4.78 is 53.4. The summed E-state index contributed by atoms with van der Waals surface area (Å²) in [6, 6.07) is 5.84. The number of anilines is 1. The van der Waals surface area contributed by atoms with Gasteiger partial charge in [0.05, 0.1) is 11.2 Å². The number of hydrogen-bond acceptors (Lipinski definition) is 8. The number of carbonyl (C=O) groups excluding carboxylic acids is 1. The molecule has 14 heteroatoms. The van der Waals surface area contributed by atoms with Crippen molar-refractivity contribution in [3.63, 3.8) is 0 Å². The van der Waals surface area contributed by atoms with E-state index < -0.39 is 24.3 Å². The minimum Gasteiger partial charge on any atom is -0.281 e. The Morgan fingerprint density at radius 1 is 1.35 bits per heavy atom. The maximum Gasteiger partial charge on any atom is 0.305 e. The predicted octanol–water partition coefficient (Wildman–Crippen LogP) is 0.823. The quantitative estimate of drug-likeness (QED) is 0.210. The molecule has 4 N–H and O–H groups in total. The molecule has 10 nitrogen and oxygen atoms in total. The number of halogens is 1. The van der Waals surface area contributed by atoms with Crippen molar-refractivity contribution in [3.05, 3.63) is 35.5 Å². The minimum atomic E-state index is -4.92. The van der Waals surface area contributed by atoms with Crippen molar-refractivity contribution < 1.29 is 34.7 Å². The Morgan fingerprint density at radius 2 is 1.92 bits per heavy atom. The third kappa shape index (κ3) is 7.17. The molecule has 1 amide bonds. The number of carbonyl (C=O) groups is 1. The van der Waals surface area contributed by atoms with Gasteiger partial charge in [-0.25, -0.2) is 4.98 Å². The fraction of sp³-hybridized carbons (Fsp3) is 0.167. The first-order chi connectivity index (χ1) is 11.5. The summed E-state index contributed by atoms with van der Waals surface area (Å²) >= 11 is -4.02. The van der Waals surface area contributed by atoms with Crippen LogP contribution in [0.3, 0.4) is 0 Å². The fourth-order valence-corrected chi connectivity index (χ4v) is 4.84. The van der Waals surface area contributed by atoms with Gasteiger partial charge in [-0.3, -0.25) is 4.55 Å². The van der Waals surface area contributed by atoms with Crippen molar-refractivity contribution >= 4 is 64.0 Å². The third-order valence-corrected chi connectivity index (χ3v) is 7.53. The van der Waals surface area contributed by atoms with Crippen molar-refractivity contribution in [3.8, 4) is 0 Å². The molecule has 0 saturated carbocycles. The van der Waals surface area contributed by atoms with Gasteiger partial charge in [-0.2, -0.15) is 8.42 Å². The van der Waals surface area contributed by atoms with Gasteiger partial charge >= 0.3 is 98.5 Å². The van der Waals surface area contributed by atoms with Crippen LogP contribution in [0.2, 0.25) is 0 Å². The zero-order chi connectivity index (χ0) is 19.3. The Balaban J connectivity index is 0.000000497. The number of nitrogens with zero attached hydrogens (tertiary/aromatic N) is 1. The average Bonchev–Trinajstić information content (AvgIpc) is 2.94. The number of nitrogens with one attached hydrogen (secondary N) is 1. The third-order valence-electron chi connectivity index (χ3n) is 2.57. The molecule has 2 aromatic rings. The van der Waals surface area contributed by atoms with Gasteiger partial charge in [0.2, 0.25) is 0 Å². The first-order valence-electron chi connectivity index (χ1n) is 6.39. The summed E-state index contributed by atoms with van der Waals surface area (Å²) in [5, 5.41) is 10.7. The van der Waals surface area contributed by atoms with E-state index in [9.17, 15) is 21.0 Å². The van der Waals surface area contributed by atoms with Crippen LogP contribution in [0.4, 0.5) is 5.69 Å². The maximum absolute atomic E-state index is 11.4. The summed E-state index contributed by atoms with van der Waals surface area (Å²) in [7, 11) is -4.03. The SMILES string of the molecule is CC(=O)Nc1ccccc1[As](=O)(O)OO.Cc1ncsc1S(=O)(=O)O.Cl. The van der Waals surface area contributed by atoms with E-state index >= 15 is 0 Å². The number of para-hydroxylation sites is 1. The summed E-state index contributed by atoms with van der Waals surface area (Å²) in [5.74, 6) is -0.379. The van der Waals surface area contributed by atoms with Gasteiger partial charge in [-0.05, 0) is 6.92 Å². The van der Waals surface area contributed by atoms with E-state index in [1.165, 1.54) is 37.6 Å². The molecule has 0 spiro atoms. The van der Waals surface area contributed by atoms with Gasteiger partial charge in [0.15, 0.2) is 4.21 Å². The van der Waals surface area contributed by atoms with Gasteiger partial charge < -0.3 is 0 Å². The number of thiazole rings is 1. The van der Waals surface area contributed by atoms with Crippen molar-refractivity contribution in [2.75, 3.05) is 5.32 Å². The summed E-state index contributed by atoms with van der Waals surface area (Å²) in [4.78, 5) is 14.5. The van der Waals surface area contributed by atoms with E-state index in [0.717, 1.165) is 11.3 Å². The number of aromatic nitrogens is 1. The largest absolute Gasteiger partial charge is 0.305 e. The summed E-state index contributed by atoms with van der Waals surface area (Å²) in [6.07, 6.45) is 0. The predicted molar refractivity (Wildman–Crippen MR) is 96.7 cm³/mol. The molecule has 1 aromatic carbocycles. The van der Waals surface area contributed by atoms with Crippen LogP contribution in [-0.2, 0) is 22.5 Å². The molecule has 0 fully saturated rings. The molecule has 26 heavy (non-hydrogen) atoms. The second kappa shape index (κ2) is 10.2. The van der Waals surface area contributed by atoms with Crippen LogP contribution < -0.4 is 9.67 Å². The normalized spacial score (nSPS) is 12.8. The van der Waals surface area contributed by atoms with Gasteiger partial charge in [0.25, 0.3) is 0 Å². The Kier molecular flexibility index (Phi) is 9.70. The molecule has 1 aromatic heterocycles. The molecule has 0 aliphatic heterocycles. The molecule has 1 heterocycles. The van der Waals surface area contributed by atoms with Crippen LogP contribution in [0.1, 0.15) is 12.6 Å². The van der Waals surface area contributed by atoms with Crippen molar-refractivity contribution in [2.45, 2.75) is 18.1 Å². The second-order valence-corrected chi connectivity index (χ2v) is 10.5. The minimum absolute atomic E-state index is 0.